The Morgan fingerprint density at radius 1 is 1.21 bits per heavy atom. The number of urea groups is 1. The normalized spacial score (nSPS) is 36.2. The van der Waals surface area contributed by atoms with Gasteiger partial charge >= 0.3 is 6.03 Å². The second-order valence-electron chi connectivity index (χ2n) is 8.89. The number of nitrogens with one attached hydrogen (secondary N) is 3. The van der Waals surface area contributed by atoms with Crippen LogP contribution < -0.4 is 16.0 Å². The van der Waals surface area contributed by atoms with Crippen LogP contribution in [-0.2, 0) is 9.53 Å². The van der Waals surface area contributed by atoms with Crippen LogP contribution in [0.1, 0.15) is 64.7 Å². The molecule has 3 fully saturated rings. The summed E-state index contributed by atoms with van der Waals surface area (Å²) in [5.41, 5.74) is 0.932. The molecule has 1 saturated heterocycles. The third-order valence-corrected chi connectivity index (χ3v) is 6.62. The van der Waals surface area contributed by atoms with Gasteiger partial charge in [0, 0.05) is 11.7 Å². The van der Waals surface area contributed by atoms with Crippen LogP contribution in [0.15, 0.2) is 21.8 Å². The molecule has 2 saturated carbocycles. The van der Waals surface area contributed by atoms with Crippen LogP contribution in [0, 0.1) is 11.8 Å². The Kier molecular flexibility index (Phi) is 6.31. The van der Waals surface area contributed by atoms with Crippen molar-refractivity contribution in [3.05, 3.63) is 11.8 Å². The Labute approximate surface area is 171 Å². The predicted octanol–water partition coefficient (Wildman–Crippen LogP) is 2.72. The molecule has 2 aliphatic carbocycles. The molecule has 2 amide bonds. The lowest BCUT2D eigenvalue weighted by Crippen LogP contribution is -2.49. The number of fused-ring (bicyclic) bond motifs is 1. The molecular weight excluding hydrogens is 370 g/mol. The number of hydrogen-bond acceptors (Lipinski definition) is 6. The Morgan fingerprint density at radius 2 is 1.90 bits per heavy atom. The van der Waals surface area contributed by atoms with E-state index in [-0.39, 0.29) is 30.4 Å². The SMILES string of the molecule is CC1=CC2OC2N=C(NC(=O)NC2CCC(CC3CCC(N=C=O)CC3)CC2)N1. The van der Waals surface area contributed by atoms with Gasteiger partial charge in [0.25, 0.3) is 0 Å². The highest BCUT2D eigenvalue weighted by molar-refractivity contribution is 5.97. The molecule has 29 heavy (non-hydrogen) atoms. The third kappa shape index (κ3) is 5.67. The largest absolute Gasteiger partial charge is 0.341 e. The third-order valence-electron chi connectivity index (χ3n) is 6.62. The van der Waals surface area contributed by atoms with Gasteiger partial charge < -0.3 is 15.4 Å². The number of hydrogen-bond donors (Lipinski definition) is 3. The smallest absolute Gasteiger partial charge is 0.321 e. The van der Waals surface area contributed by atoms with E-state index in [1.807, 2.05) is 13.0 Å². The van der Waals surface area contributed by atoms with Crippen molar-refractivity contribution in [3.63, 3.8) is 0 Å². The second kappa shape index (κ2) is 9.09. The zero-order valence-corrected chi connectivity index (χ0v) is 17.0. The summed E-state index contributed by atoms with van der Waals surface area (Å²) in [6.45, 7) is 1.93. The number of aliphatic imine (C=N–C) groups is 2. The molecule has 2 heterocycles. The molecule has 4 aliphatic rings. The van der Waals surface area contributed by atoms with Gasteiger partial charge in [-0.05, 0) is 82.6 Å². The summed E-state index contributed by atoms with van der Waals surface area (Å²) in [6, 6.07) is 0.212. The predicted molar refractivity (Wildman–Crippen MR) is 109 cm³/mol. The Hall–Kier alpha value is -2.18. The molecule has 0 spiro atoms. The van der Waals surface area contributed by atoms with Crippen molar-refractivity contribution >= 4 is 18.1 Å². The van der Waals surface area contributed by atoms with Gasteiger partial charge in [-0.15, -0.1) is 0 Å². The number of carbonyl (C=O) groups is 1. The summed E-state index contributed by atoms with van der Waals surface area (Å²) in [5.74, 6) is 1.95. The standard InChI is InChI=1S/C21H31N5O3/c1-13-10-18-19(29-18)25-20(23-13)26-21(28)24-17-8-4-15(5-9-17)11-14-2-6-16(7-3-14)22-12-27/h10,14-19H,2-9,11H2,1H3,(H3,23,24,25,26,28). The van der Waals surface area contributed by atoms with E-state index in [2.05, 4.69) is 25.9 Å². The Morgan fingerprint density at radius 3 is 2.59 bits per heavy atom. The van der Waals surface area contributed by atoms with Gasteiger partial charge in [0.1, 0.15) is 6.10 Å². The molecule has 4 rings (SSSR count). The number of isocyanates is 1. The molecule has 0 radical (unpaired) electrons. The monoisotopic (exact) mass is 401 g/mol. The van der Waals surface area contributed by atoms with E-state index in [1.165, 1.54) is 19.3 Å². The highest BCUT2D eigenvalue weighted by Crippen LogP contribution is 2.36. The van der Waals surface area contributed by atoms with Crippen LogP contribution in [0.3, 0.4) is 0 Å². The van der Waals surface area contributed by atoms with E-state index in [4.69, 9.17) is 4.74 Å². The van der Waals surface area contributed by atoms with Crippen molar-refractivity contribution < 1.29 is 14.3 Å². The zero-order chi connectivity index (χ0) is 20.2. The molecule has 0 aromatic rings. The first kappa shape index (κ1) is 20.1. The summed E-state index contributed by atoms with van der Waals surface area (Å²) in [7, 11) is 0. The zero-order valence-electron chi connectivity index (χ0n) is 17.0. The minimum absolute atomic E-state index is 0.0351. The van der Waals surface area contributed by atoms with Crippen molar-refractivity contribution in [2.45, 2.75) is 89.1 Å². The van der Waals surface area contributed by atoms with Crippen LogP contribution in [0.4, 0.5) is 4.79 Å². The molecule has 0 aromatic heterocycles. The molecule has 3 N–H and O–H groups in total. The van der Waals surface area contributed by atoms with Gasteiger partial charge in [-0.25, -0.2) is 19.6 Å². The Bertz CT molecular complexity index is 714. The van der Waals surface area contributed by atoms with E-state index in [1.54, 1.807) is 6.08 Å². The maximum absolute atomic E-state index is 12.4. The number of ether oxygens (including phenoxy) is 1. The lowest BCUT2D eigenvalue weighted by Gasteiger charge is -2.33. The van der Waals surface area contributed by atoms with Crippen molar-refractivity contribution in [2.24, 2.45) is 21.8 Å². The summed E-state index contributed by atoms with van der Waals surface area (Å²) in [5, 5.41) is 9.01. The van der Waals surface area contributed by atoms with Crippen LogP contribution in [0.5, 0.6) is 0 Å². The van der Waals surface area contributed by atoms with E-state index in [9.17, 15) is 9.59 Å². The first-order chi connectivity index (χ1) is 14.1. The first-order valence-electron chi connectivity index (χ1n) is 10.9. The van der Waals surface area contributed by atoms with E-state index >= 15 is 0 Å². The van der Waals surface area contributed by atoms with Gasteiger partial charge in [0.2, 0.25) is 12.0 Å². The minimum Gasteiger partial charge on any atom is -0.341 e. The van der Waals surface area contributed by atoms with Crippen molar-refractivity contribution in [1.29, 1.82) is 0 Å². The lowest BCUT2D eigenvalue weighted by molar-refractivity contribution is 0.208. The fraction of sp³-hybridized carbons (Fsp3) is 0.762. The van der Waals surface area contributed by atoms with Crippen LogP contribution in [0.2, 0.25) is 0 Å². The molecule has 0 bridgehead atoms. The van der Waals surface area contributed by atoms with Crippen molar-refractivity contribution in [3.8, 4) is 0 Å². The highest BCUT2D eigenvalue weighted by atomic mass is 16.6. The van der Waals surface area contributed by atoms with E-state index < -0.39 is 0 Å². The summed E-state index contributed by atoms with van der Waals surface area (Å²) in [4.78, 5) is 31.0. The fourth-order valence-corrected chi connectivity index (χ4v) is 4.97. The minimum atomic E-state index is -0.208. The fourth-order valence-electron chi connectivity index (χ4n) is 4.97. The van der Waals surface area contributed by atoms with Crippen LogP contribution in [0.25, 0.3) is 0 Å². The van der Waals surface area contributed by atoms with E-state index in [0.29, 0.717) is 5.96 Å². The van der Waals surface area contributed by atoms with Crippen LogP contribution >= 0.6 is 0 Å². The van der Waals surface area contributed by atoms with Crippen molar-refractivity contribution in [1.82, 2.24) is 16.0 Å². The molecule has 8 nitrogen and oxygen atoms in total. The van der Waals surface area contributed by atoms with Gasteiger partial charge in [0.15, 0.2) is 6.23 Å². The number of nitrogens with zero attached hydrogens (tertiary/aromatic N) is 2. The number of carbonyl (C=O) groups excluding carboxylic acids is 2. The number of rotatable bonds is 4. The molecule has 2 aliphatic heterocycles. The average molecular weight is 402 g/mol. The summed E-state index contributed by atoms with van der Waals surface area (Å²) < 4.78 is 5.38. The van der Waals surface area contributed by atoms with Gasteiger partial charge in [-0.2, -0.15) is 0 Å². The summed E-state index contributed by atoms with van der Waals surface area (Å²) >= 11 is 0. The van der Waals surface area contributed by atoms with Gasteiger partial charge in [-0.1, -0.05) is 0 Å². The number of amides is 2. The topological polar surface area (TPSA) is 107 Å². The van der Waals surface area contributed by atoms with E-state index in [0.717, 1.165) is 56.1 Å². The van der Waals surface area contributed by atoms with Gasteiger partial charge in [-0.3, -0.25) is 5.32 Å². The lowest BCUT2D eigenvalue weighted by atomic mass is 9.76. The first-order valence-corrected chi connectivity index (χ1v) is 10.9. The Balaban J connectivity index is 1.15. The molecule has 2 atom stereocenters. The molecule has 2 unspecified atom stereocenters. The maximum Gasteiger partial charge on any atom is 0.321 e. The molecule has 8 heteroatoms. The van der Waals surface area contributed by atoms with Crippen LogP contribution in [-0.4, -0.2) is 42.5 Å². The second-order valence-corrected chi connectivity index (χ2v) is 8.89. The molecule has 0 aromatic carbocycles. The number of guanidine groups is 1. The number of allylic oxidation sites excluding steroid dienone is 1. The van der Waals surface area contributed by atoms with Gasteiger partial charge in [0.05, 0.1) is 6.04 Å². The molecular formula is C21H31N5O3. The quantitative estimate of drug-likeness (QED) is 0.382. The molecule has 158 valence electrons. The average Bonchev–Trinajstić information content (AvgIpc) is 3.43. The number of epoxide rings is 1. The summed E-state index contributed by atoms with van der Waals surface area (Å²) in [6.07, 6.45) is 13.6. The highest BCUT2D eigenvalue weighted by Gasteiger charge is 2.39. The van der Waals surface area contributed by atoms with Crippen molar-refractivity contribution in [2.75, 3.05) is 0 Å². The maximum atomic E-state index is 12.4.